The van der Waals surface area contributed by atoms with Crippen LogP contribution < -0.4 is 0 Å². The molecule has 84 valence electrons. The summed E-state index contributed by atoms with van der Waals surface area (Å²) in [7, 11) is 0. The number of carbonyl (C=O) groups excluding carboxylic acids is 1. The van der Waals surface area contributed by atoms with Crippen LogP contribution in [-0.4, -0.2) is 25.8 Å². The minimum atomic E-state index is -0.235. The highest BCUT2D eigenvalue weighted by Gasteiger charge is 2.15. The maximum atomic E-state index is 11.0. The Morgan fingerprint density at radius 2 is 2.31 bits per heavy atom. The van der Waals surface area contributed by atoms with Crippen LogP contribution in [0.15, 0.2) is 12.7 Å². The Hall–Kier alpha value is -1.49. The Bertz CT molecular complexity index is 510. The van der Waals surface area contributed by atoms with E-state index in [1.165, 1.54) is 6.33 Å². The third kappa shape index (κ3) is 1.78. The number of rotatable bonds is 4. The molecule has 2 rings (SSSR count). The standard InChI is InChI=1S/C10H11ClN4O/c1-2-3-7(4-16)15-6-14-8-9(11)12-5-13-10(8)15/h4-7H,2-3H2,1H3. The Kier molecular flexibility index (Phi) is 3.14. The number of hydrogen-bond donors (Lipinski definition) is 0. The first kappa shape index (κ1) is 11.0. The van der Waals surface area contributed by atoms with Crippen molar-refractivity contribution in [1.29, 1.82) is 0 Å². The molecule has 1 atom stereocenters. The Labute approximate surface area is 97.5 Å². The summed E-state index contributed by atoms with van der Waals surface area (Å²) < 4.78 is 1.74. The summed E-state index contributed by atoms with van der Waals surface area (Å²) in [5, 5.41) is 0.310. The highest BCUT2D eigenvalue weighted by atomic mass is 35.5. The van der Waals surface area contributed by atoms with Gasteiger partial charge in [0.05, 0.1) is 12.4 Å². The molecule has 0 spiro atoms. The SMILES string of the molecule is CCCC(C=O)n1cnc2c(Cl)ncnc21. The van der Waals surface area contributed by atoms with Gasteiger partial charge < -0.3 is 9.36 Å². The predicted molar refractivity (Wildman–Crippen MR) is 60.3 cm³/mol. The number of aldehydes is 1. The normalized spacial score (nSPS) is 12.9. The lowest BCUT2D eigenvalue weighted by Gasteiger charge is -2.10. The van der Waals surface area contributed by atoms with E-state index in [9.17, 15) is 4.79 Å². The zero-order chi connectivity index (χ0) is 11.5. The summed E-state index contributed by atoms with van der Waals surface area (Å²) in [5.41, 5.74) is 1.14. The minimum absolute atomic E-state index is 0.235. The molecule has 0 saturated heterocycles. The van der Waals surface area contributed by atoms with Gasteiger partial charge in [-0.2, -0.15) is 0 Å². The quantitative estimate of drug-likeness (QED) is 0.604. The molecule has 0 aliphatic rings. The van der Waals surface area contributed by atoms with Crippen molar-refractivity contribution in [3.8, 4) is 0 Å². The van der Waals surface area contributed by atoms with Crippen molar-refractivity contribution in [2.24, 2.45) is 0 Å². The molecule has 0 saturated carbocycles. The van der Waals surface area contributed by atoms with Crippen molar-refractivity contribution >= 4 is 29.1 Å². The molecule has 0 bridgehead atoms. The molecule has 1 unspecified atom stereocenters. The van der Waals surface area contributed by atoms with Gasteiger partial charge in [0.1, 0.15) is 18.1 Å². The molecular formula is C10H11ClN4O. The lowest BCUT2D eigenvalue weighted by atomic mass is 10.2. The number of imidazole rings is 1. The van der Waals surface area contributed by atoms with Gasteiger partial charge in [-0.15, -0.1) is 0 Å². The topological polar surface area (TPSA) is 60.7 Å². The van der Waals surface area contributed by atoms with E-state index >= 15 is 0 Å². The summed E-state index contributed by atoms with van der Waals surface area (Å²) in [6.45, 7) is 2.03. The van der Waals surface area contributed by atoms with Crippen LogP contribution >= 0.6 is 11.6 Å². The number of carbonyl (C=O) groups is 1. The second-order valence-electron chi connectivity index (χ2n) is 3.48. The number of fused-ring (bicyclic) bond motifs is 1. The molecule has 0 aliphatic heterocycles. The zero-order valence-electron chi connectivity index (χ0n) is 8.80. The Morgan fingerprint density at radius 1 is 1.50 bits per heavy atom. The monoisotopic (exact) mass is 238 g/mol. The average molecular weight is 239 g/mol. The van der Waals surface area contributed by atoms with Crippen molar-refractivity contribution in [1.82, 2.24) is 19.5 Å². The predicted octanol–water partition coefficient (Wildman–Crippen LogP) is 2.02. The fraction of sp³-hybridized carbons (Fsp3) is 0.400. The van der Waals surface area contributed by atoms with Crippen LogP contribution in [0.1, 0.15) is 25.8 Å². The van der Waals surface area contributed by atoms with E-state index in [1.807, 2.05) is 6.92 Å². The van der Waals surface area contributed by atoms with Gasteiger partial charge >= 0.3 is 0 Å². The molecule has 2 aromatic rings. The van der Waals surface area contributed by atoms with E-state index in [4.69, 9.17) is 11.6 Å². The van der Waals surface area contributed by atoms with E-state index < -0.39 is 0 Å². The average Bonchev–Trinajstić information content (AvgIpc) is 2.71. The van der Waals surface area contributed by atoms with Gasteiger partial charge in [0.25, 0.3) is 0 Å². The Balaban J connectivity index is 2.52. The van der Waals surface area contributed by atoms with E-state index in [1.54, 1.807) is 10.9 Å². The Morgan fingerprint density at radius 3 is 3.00 bits per heavy atom. The molecule has 0 aromatic carbocycles. The van der Waals surface area contributed by atoms with E-state index in [-0.39, 0.29) is 6.04 Å². The summed E-state index contributed by atoms with van der Waals surface area (Å²) in [5.74, 6) is 0. The summed E-state index contributed by atoms with van der Waals surface area (Å²) >= 11 is 5.88. The lowest BCUT2D eigenvalue weighted by Crippen LogP contribution is -2.09. The maximum Gasteiger partial charge on any atom is 0.165 e. The van der Waals surface area contributed by atoms with Crippen LogP contribution in [0, 0.1) is 0 Å². The molecule has 2 heterocycles. The van der Waals surface area contributed by atoms with Crippen LogP contribution in [0.2, 0.25) is 5.15 Å². The van der Waals surface area contributed by atoms with Crippen molar-refractivity contribution in [3.63, 3.8) is 0 Å². The first-order chi connectivity index (χ1) is 7.77. The van der Waals surface area contributed by atoms with Crippen molar-refractivity contribution < 1.29 is 4.79 Å². The first-order valence-electron chi connectivity index (χ1n) is 5.06. The number of halogens is 1. The fourth-order valence-electron chi connectivity index (χ4n) is 1.63. The molecule has 0 amide bonds. The van der Waals surface area contributed by atoms with E-state index in [0.29, 0.717) is 16.3 Å². The summed E-state index contributed by atoms with van der Waals surface area (Å²) in [6, 6.07) is -0.235. The largest absolute Gasteiger partial charge is 0.305 e. The van der Waals surface area contributed by atoms with Gasteiger partial charge in [-0.1, -0.05) is 24.9 Å². The van der Waals surface area contributed by atoms with E-state index in [0.717, 1.165) is 19.1 Å². The van der Waals surface area contributed by atoms with Crippen LogP contribution in [0.5, 0.6) is 0 Å². The van der Waals surface area contributed by atoms with Gasteiger partial charge in [0.15, 0.2) is 10.8 Å². The minimum Gasteiger partial charge on any atom is -0.305 e. The third-order valence-electron chi connectivity index (χ3n) is 2.41. The van der Waals surface area contributed by atoms with Gasteiger partial charge in [-0.05, 0) is 6.42 Å². The van der Waals surface area contributed by atoms with Gasteiger partial charge in [0, 0.05) is 0 Å². The number of aromatic nitrogens is 4. The smallest absolute Gasteiger partial charge is 0.165 e. The number of hydrogen-bond acceptors (Lipinski definition) is 4. The van der Waals surface area contributed by atoms with Crippen molar-refractivity contribution in [2.75, 3.05) is 0 Å². The molecule has 0 N–H and O–H groups in total. The number of nitrogens with zero attached hydrogens (tertiary/aromatic N) is 4. The van der Waals surface area contributed by atoms with Gasteiger partial charge in [-0.3, -0.25) is 0 Å². The third-order valence-corrected chi connectivity index (χ3v) is 2.69. The summed E-state index contributed by atoms with van der Waals surface area (Å²) in [6.07, 6.45) is 5.54. The molecule has 16 heavy (non-hydrogen) atoms. The van der Waals surface area contributed by atoms with Crippen LogP contribution in [0.4, 0.5) is 0 Å². The second-order valence-corrected chi connectivity index (χ2v) is 3.84. The van der Waals surface area contributed by atoms with Crippen LogP contribution in [0.3, 0.4) is 0 Å². The van der Waals surface area contributed by atoms with Crippen LogP contribution in [-0.2, 0) is 4.79 Å². The van der Waals surface area contributed by atoms with Crippen molar-refractivity contribution in [3.05, 3.63) is 17.8 Å². The molecule has 2 aromatic heterocycles. The molecular weight excluding hydrogens is 228 g/mol. The van der Waals surface area contributed by atoms with Crippen LogP contribution in [0.25, 0.3) is 11.2 Å². The van der Waals surface area contributed by atoms with Crippen molar-refractivity contribution in [2.45, 2.75) is 25.8 Å². The highest BCUT2D eigenvalue weighted by Crippen LogP contribution is 2.21. The molecule has 6 heteroatoms. The lowest BCUT2D eigenvalue weighted by molar-refractivity contribution is -0.110. The second kappa shape index (κ2) is 4.57. The maximum absolute atomic E-state index is 11.0. The molecule has 0 fully saturated rings. The molecule has 0 aliphatic carbocycles. The zero-order valence-corrected chi connectivity index (χ0v) is 9.55. The van der Waals surface area contributed by atoms with Gasteiger partial charge in [0.2, 0.25) is 0 Å². The highest BCUT2D eigenvalue weighted by molar-refractivity contribution is 6.33. The van der Waals surface area contributed by atoms with Gasteiger partial charge in [-0.25, -0.2) is 15.0 Å². The summed E-state index contributed by atoms with van der Waals surface area (Å²) in [4.78, 5) is 23.1. The molecule has 0 radical (unpaired) electrons. The molecule has 5 nitrogen and oxygen atoms in total. The first-order valence-corrected chi connectivity index (χ1v) is 5.44. The van der Waals surface area contributed by atoms with E-state index in [2.05, 4.69) is 15.0 Å². The fourth-order valence-corrected chi connectivity index (χ4v) is 1.81.